The van der Waals surface area contributed by atoms with Gasteiger partial charge >= 0.3 is 0 Å². The van der Waals surface area contributed by atoms with Gasteiger partial charge in [0, 0.05) is 18.6 Å². The molecule has 120 valence electrons. The summed E-state index contributed by atoms with van der Waals surface area (Å²) in [6.07, 6.45) is 1.73. The quantitative estimate of drug-likeness (QED) is 0.787. The SMILES string of the molecule is Cc1ccc(S(=O)(=O)NCc2ccc3c(c2)ncn3C)cc1Cl. The summed E-state index contributed by atoms with van der Waals surface area (Å²) in [5, 5.41) is 0.433. The van der Waals surface area contributed by atoms with Gasteiger partial charge in [0.05, 0.1) is 22.3 Å². The van der Waals surface area contributed by atoms with E-state index in [4.69, 9.17) is 11.6 Å². The molecule has 3 rings (SSSR count). The largest absolute Gasteiger partial charge is 0.334 e. The lowest BCUT2D eigenvalue weighted by Gasteiger charge is -2.08. The summed E-state index contributed by atoms with van der Waals surface area (Å²) in [7, 11) is -1.69. The fourth-order valence-corrected chi connectivity index (χ4v) is 3.58. The molecule has 3 aromatic rings. The summed E-state index contributed by atoms with van der Waals surface area (Å²) in [4.78, 5) is 4.43. The van der Waals surface area contributed by atoms with E-state index < -0.39 is 10.0 Å². The second kappa shape index (κ2) is 5.96. The van der Waals surface area contributed by atoms with Gasteiger partial charge in [0.2, 0.25) is 10.0 Å². The number of fused-ring (bicyclic) bond motifs is 1. The van der Waals surface area contributed by atoms with E-state index in [-0.39, 0.29) is 11.4 Å². The summed E-state index contributed by atoms with van der Waals surface area (Å²) in [5.41, 5.74) is 3.52. The number of rotatable bonds is 4. The van der Waals surface area contributed by atoms with E-state index in [1.165, 1.54) is 6.07 Å². The molecule has 0 saturated heterocycles. The van der Waals surface area contributed by atoms with Crippen LogP contribution < -0.4 is 4.72 Å². The van der Waals surface area contributed by atoms with Crippen molar-refractivity contribution >= 4 is 32.7 Å². The Morgan fingerprint density at radius 1 is 1.22 bits per heavy atom. The van der Waals surface area contributed by atoms with Gasteiger partial charge < -0.3 is 4.57 Å². The first-order valence-corrected chi connectivity index (χ1v) is 8.89. The van der Waals surface area contributed by atoms with Gasteiger partial charge in [-0.25, -0.2) is 18.1 Å². The van der Waals surface area contributed by atoms with Crippen LogP contribution in [-0.2, 0) is 23.6 Å². The van der Waals surface area contributed by atoms with Crippen LogP contribution in [0.3, 0.4) is 0 Å². The highest BCUT2D eigenvalue weighted by Gasteiger charge is 2.15. The van der Waals surface area contributed by atoms with Crippen LogP contribution in [0.2, 0.25) is 5.02 Å². The number of hydrogen-bond donors (Lipinski definition) is 1. The van der Waals surface area contributed by atoms with Gasteiger partial charge in [-0.2, -0.15) is 0 Å². The molecule has 1 N–H and O–H groups in total. The predicted molar refractivity (Wildman–Crippen MR) is 90.9 cm³/mol. The van der Waals surface area contributed by atoms with E-state index in [0.29, 0.717) is 5.02 Å². The van der Waals surface area contributed by atoms with E-state index in [2.05, 4.69) is 9.71 Å². The van der Waals surface area contributed by atoms with Crippen molar-refractivity contribution in [3.63, 3.8) is 0 Å². The summed E-state index contributed by atoms with van der Waals surface area (Å²) in [5.74, 6) is 0. The molecule has 0 radical (unpaired) electrons. The highest BCUT2D eigenvalue weighted by Crippen LogP contribution is 2.20. The van der Waals surface area contributed by atoms with Crippen LogP contribution in [0.15, 0.2) is 47.6 Å². The number of aryl methyl sites for hydroxylation is 2. The third-order valence-electron chi connectivity index (χ3n) is 3.71. The topological polar surface area (TPSA) is 64.0 Å². The van der Waals surface area contributed by atoms with Crippen molar-refractivity contribution in [1.29, 1.82) is 0 Å². The predicted octanol–water partition coefficient (Wildman–Crippen LogP) is 3.01. The van der Waals surface area contributed by atoms with Crippen LogP contribution in [0.25, 0.3) is 11.0 Å². The molecule has 0 atom stereocenters. The Kier molecular flexibility index (Phi) is 4.14. The van der Waals surface area contributed by atoms with Crippen LogP contribution in [0, 0.1) is 6.92 Å². The number of nitrogens with one attached hydrogen (secondary N) is 1. The van der Waals surface area contributed by atoms with Crippen molar-refractivity contribution in [1.82, 2.24) is 14.3 Å². The molecule has 0 aliphatic rings. The number of nitrogens with zero attached hydrogens (tertiary/aromatic N) is 2. The number of halogens is 1. The number of aromatic nitrogens is 2. The first-order chi connectivity index (χ1) is 10.9. The molecule has 0 spiro atoms. The fraction of sp³-hybridized carbons (Fsp3) is 0.188. The van der Waals surface area contributed by atoms with Crippen molar-refractivity contribution in [2.45, 2.75) is 18.4 Å². The Morgan fingerprint density at radius 3 is 2.74 bits per heavy atom. The summed E-state index contributed by atoms with van der Waals surface area (Å²) in [6.45, 7) is 2.02. The van der Waals surface area contributed by atoms with Crippen molar-refractivity contribution < 1.29 is 8.42 Å². The van der Waals surface area contributed by atoms with Crippen LogP contribution in [-0.4, -0.2) is 18.0 Å². The van der Waals surface area contributed by atoms with E-state index >= 15 is 0 Å². The minimum atomic E-state index is -3.61. The third-order valence-corrected chi connectivity index (χ3v) is 5.52. The van der Waals surface area contributed by atoms with Crippen LogP contribution >= 0.6 is 11.6 Å². The molecule has 0 unspecified atom stereocenters. The minimum absolute atomic E-state index is 0.159. The fourth-order valence-electron chi connectivity index (χ4n) is 2.29. The van der Waals surface area contributed by atoms with Gasteiger partial charge in [0.1, 0.15) is 0 Å². The van der Waals surface area contributed by atoms with Gasteiger partial charge in [0.15, 0.2) is 0 Å². The Balaban J connectivity index is 1.81. The maximum atomic E-state index is 12.3. The number of sulfonamides is 1. The van der Waals surface area contributed by atoms with Crippen LogP contribution in [0.5, 0.6) is 0 Å². The molecule has 2 aromatic carbocycles. The maximum absolute atomic E-state index is 12.3. The lowest BCUT2D eigenvalue weighted by Crippen LogP contribution is -2.23. The average Bonchev–Trinajstić information content (AvgIpc) is 2.89. The monoisotopic (exact) mass is 349 g/mol. The molecule has 0 bridgehead atoms. The lowest BCUT2D eigenvalue weighted by atomic mass is 10.2. The number of hydrogen-bond acceptors (Lipinski definition) is 3. The maximum Gasteiger partial charge on any atom is 0.240 e. The Morgan fingerprint density at radius 2 is 2.00 bits per heavy atom. The van der Waals surface area contributed by atoms with Gasteiger partial charge in [-0.15, -0.1) is 0 Å². The third kappa shape index (κ3) is 3.24. The zero-order valence-corrected chi connectivity index (χ0v) is 14.3. The zero-order chi connectivity index (χ0) is 16.6. The molecule has 1 aromatic heterocycles. The molecule has 1 heterocycles. The molecule has 0 aliphatic carbocycles. The summed E-state index contributed by atoms with van der Waals surface area (Å²) in [6, 6.07) is 10.4. The summed E-state index contributed by atoms with van der Waals surface area (Å²) < 4.78 is 29.2. The molecular formula is C16H16ClN3O2S. The highest BCUT2D eigenvalue weighted by atomic mass is 35.5. The standard InChI is InChI=1S/C16H16ClN3O2S/c1-11-3-5-13(8-14(11)17)23(21,22)19-9-12-4-6-16-15(7-12)18-10-20(16)2/h3-8,10,19H,9H2,1-2H3. The normalized spacial score (nSPS) is 12.0. The van der Waals surface area contributed by atoms with Crippen molar-refractivity contribution in [3.8, 4) is 0 Å². The van der Waals surface area contributed by atoms with Crippen molar-refractivity contribution in [2.24, 2.45) is 7.05 Å². The first kappa shape index (κ1) is 16.0. The lowest BCUT2D eigenvalue weighted by molar-refractivity contribution is 0.581. The van der Waals surface area contributed by atoms with Crippen molar-refractivity contribution in [3.05, 3.63) is 58.9 Å². The van der Waals surface area contributed by atoms with E-state index in [1.54, 1.807) is 18.5 Å². The molecular weight excluding hydrogens is 334 g/mol. The molecule has 0 saturated carbocycles. The smallest absolute Gasteiger partial charge is 0.240 e. The first-order valence-electron chi connectivity index (χ1n) is 7.02. The molecule has 0 amide bonds. The van der Waals surface area contributed by atoms with Crippen LogP contribution in [0.4, 0.5) is 0 Å². The molecule has 0 fully saturated rings. The van der Waals surface area contributed by atoms with E-state index in [9.17, 15) is 8.42 Å². The highest BCUT2D eigenvalue weighted by molar-refractivity contribution is 7.89. The van der Waals surface area contributed by atoms with Gasteiger partial charge in [0.25, 0.3) is 0 Å². The second-order valence-corrected chi connectivity index (χ2v) is 7.59. The number of imidazole rings is 1. The van der Waals surface area contributed by atoms with Gasteiger partial charge in [-0.3, -0.25) is 0 Å². The number of benzene rings is 2. The average molecular weight is 350 g/mol. The molecule has 0 aliphatic heterocycles. The summed E-state index contributed by atoms with van der Waals surface area (Å²) >= 11 is 6.00. The molecule has 23 heavy (non-hydrogen) atoms. The van der Waals surface area contributed by atoms with E-state index in [0.717, 1.165) is 22.2 Å². The van der Waals surface area contributed by atoms with Gasteiger partial charge in [-0.1, -0.05) is 23.7 Å². The van der Waals surface area contributed by atoms with E-state index in [1.807, 2.05) is 36.7 Å². The molecule has 5 nitrogen and oxygen atoms in total. The Labute approximate surface area is 140 Å². The molecule has 7 heteroatoms. The van der Waals surface area contributed by atoms with Crippen LogP contribution in [0.1, 0.15) is 11.1 Å². The van der Waals surface area contributed by atoms with Gasteiger partial charge in [-0.05, 0) is 42.3 Å². The zero-order valence-electron chi connectivity index (χ0n) is 12.7. The Bertz CT molecular complexity index is 980. The minimum Gasteiger partial charge on any atom is -0.334 e. The Hall–Kier alpha value is -1.89. The second-order valence-electron chi connectivity index (χ2n) is 5.41. The van der Waals surface area contributed by atoms with Crippen molar-refractivity contribution in [2.75, 3.05) is 0 Å².